The molecule has 0 radical (unpaired) electrons. The molecule has 19 heavy (non-hydrogen) atoms. The maximum absolute atomic E-state index is 12.2. The zero-order chi connectivity index (χ0) is 13.1. The molecule has 3 aliphatic rings. The lowest BCUT2D eigenvalue weighted by atomic mass is 10.0. The summed E-state index contributed by atoms with van der Waals surface area (Å²) in [7, 11) is 0. The number of likely N-dealkylation sites (tertiary alicyclic amines) is 2. The summed E-state index contributed by atoms with van der Waals surface area (Å²) in [6, 6.07) is 0.628. The van der Waals surface area contributed by atoms with Crippen LogP contribution >= 0.6 is 0 Å². The predicted molar refractivity (Wildman–Crippen MR) is 76.0 cm³/mol. The van der Waals surface area contributed by atoms with Gasteiger partial charge in [-0.1, -0.05) is 0 Å². The molecule has 2 saturated heterocycles. The van der Waals surface area contributed by atoms with E-state index in [1.165, 1.54) is 51.6 Å². The average molecular weight is 265 g/mol. The number of piperidine rings is 1. The molecule has 1 aliphatic carbocycles. The Bertz CT molecular complexity index is 311. The van der Waals surface area contributed by atoms with E-state index in [9.17, 15) is 4.79 Å². The fourth-order valence-corrected chi connectivity index (χ4v) is 3.40. The molecule has 1 atom stereocenters. The molecular formula is C15H27N3O. The highest BCUT2D eigenvalue weighted by Crippen LogP contribution is 2.27. The second kappa shape index (κ2) is 6.23. The lowest BCUT2D eigenvalue weighted by Crippen LogP contribution is -2.50. The van der Waals surface area contributed by atoms with Gasteiger partial charge in [0.1, 0.15) is 0 Å². The van der Waals surface area contributed by atoms with Crippen LogP contribution in [-0.4, -0.2) is 61.0 Å². The van der Waals surface area contributed by atoms with Gasteiger partial charge in [-0.05, 0) is 64.1 Å². The standard InChI is InChI=1S/C15H27N3O/c19-15(11-16-10-13-5-6-13)18-9-3-4-14(12-18)17-7-1-2-8-17/h13-14,16H,1-12H2. The summed E-state index contributed by atoms with van der Waals surface area (Å²) in [4.78, 5) is 16.9. The molecule has 1 amide bonds. The summed E-state index contributed by atoms with van der Waals surface area (Å²) in [5, 5.41) is 3.32. The molecule has 3 rings (SSSR count). The third kappa shape index (κ3) is 3.69. The summed E-state index contributed by atoms with van der Waals surface area (Å²) in [6.45, 7) is 6.00. The maximum atomic E-state index is 12.2. The van der Waals surface area contributed by atoms with Crippen LogP contribution in [0.25, 0.3) is 0 Å². The van der Waals surface area contributed by atoms with Gasteiger partial charge in [0.2, 0.25) is 5.91 Å². The quantitative estimate of drug-likeness (QED) is 0.808. The van der Waals surface area contributed by atoms with Crippen LogP contribution in [0.3, 0.4) is 0 Å². The smallest absolute Gasteiger partial charge is 0.236 e. The summed E-state index contributed by atoms with van der Waals surface area (Å²) in [6.07, 6.45) is 7.83. The van der Waals surface area contributed by atoms with Gasteiger partial charge in [-0.3, -0.25) is 9.69 Å². The first-order chi connectivity index (χ1) is 9.33. The first kappa shape index (κ1) is 13.4. The third-order valence-corrected chi connectivity index (χ3v) is 4.81. The van der Waals surface area contributed by atoms with E-state index in [4.69, 9.17) is 0 Å². The molecule has 2 heterocycles. The monoisotopic (exact) mass is 265 g/mol. The lowest BCUT2D eigenvalue weighted by Gasteiger charge is -2.37. The van der Waals surface area contributed by atoms with E-state index in [1.807, 2.05) is 0 Å². The van der Waals surface area contributed by atoms with Crippen LogP contribution in [0.2, 0.25) is 0 Å². The number of hydrogen-bond donors (Lipinski definition) is 1. The average Bonchev–Trinajstić information content (AvgIpc) is 3.10. The summed E-state index contributed by atoms with van der Waals surface area (Å²) in [5.74, 6) is 1.16. The Balaban J connectivity index is 1.42. The van der Waals surface area contributed by atoms with Gasteiger partial charge in [0.05, 0.1) is 6.54 Å². The van der Waals surface area contributed by atoms with Gasteiger partial charge in [0.25, 0.3) is 0 Å². The van der Waals surface area contributed by atoms with Crippen molar-refractivity contribution in [3.05, 3.63) is 0 Å². The minimum absolute atomic E-state index is 0.310. The molecule has 0 aromatic heterocycles. The second-order valence-electron chi connectivity index (χ2n) is 6.45. The summed E-state index contributed by atoms with van der Waals surface area (Å²) in [5.41, 5.74) is 0. The van der Waals surface area contributed by atoms with Crippen molar-refractivity contribution in [2.24, 2.45) is 5.92 Å². The fraction of sp³-hybridized carbons (Fsp3) is 0.933. The van der Waals surface area contributed by atoms with Crippen LogP contribution in [0, 0.1) is 5.92 Å². The molecular weight excluding hydrogens is 238 g/mol. The Morgan fingerprint density at radius 3 is 2.58 bits per heavy atom. The van der Waals surface area contributed by atoms with E-state index < -0.39 is 0 Å². The van der Waals surface area contributed by atoms with Crippen molar-refractivity contribution < 1.29 is 4.79 Å². The number of carbonyl (C=O) groups is 1. The molecule has 0 aromatic carbocycles. The summed E-state index contributed by atoms with van der Waals surface area (Å²) < 4.78 is 0. The van der Waals surface area contributed by atoms with E-state index in [0.29, 0.717) is 18.5 Å². The fourth-order valence-electron chi connectivity index (χ4n) is 3.40. The van der Waals surface area contributed by atoms with E-state index >= 15 is 0 Å². The minimum Gasteiger partial charge on any atom is -0.340 e. The Morgan fingerprint density at radius 2 is 1.84 bits per heavy atom. The molecule has 1 saturated carbocycles. The van der Waals surface area contributed by atoms with Crippen LogP contribution in [0.4, 0.5) is 0 Å². The van der Waals surface area contributed by atoms with Gasteiger partial charge in [-0.2, -0.15) is 0 Å². The number of amides is 1. The van der Waals surface area contributed by atoms with E-state index in [2.05, 4.69) is 15.1 Å². The van der Waals surface area contributed by atoms with Crippen molar-refractivity contribution in [2.45, 2.75) is 44.6 Å². The SMILES string of the molecule is O=C(CNCC1CC1)N1CCCC(N2CCCC2)C1. The van der Waals surface area contributed by atoms with Crippen molar-refractivity contribution in [3.63, 3.8) is 0 Å². The van der Waals surface area contributed by atoms with E-state index in [0.717, 1.165) is 25.6 Å². The molecule has 4 nitrogen and oxygen atoms in total. The van der Waals surface area contributed by atoms with Gasteiger partial charge >= 0.3 is 0 Å². The largest absolute Gasteiger partial charge is 0.340 e. The van der Waals surface area contributed by atoms with Crippen LogP contribution in [0.1, 0.15) is 38.5 Å². The number of nitrogens with zero attached hydrogens (tertiary/aromatic N) is 2. The molecule has 0 aromatic rings. The van der Waals surface area contributed by atoms with Crippen molar-refractivity contribution in [3.8, 4) is 0 Å². The molecule has 0 bridgehead atoms. The maximum Gasteiger partial charge on any atom is 0.236 e. The number of nitrogens with one attached hydrogen (secondary N) is 1. The Morgan fingerprint density at radius 1 is 1.05 bits per heavy atom. The Hall–Kier alpha value is -0.610. The first-order valence-electron chi connectivity index (χ1n) is 8.05. The molecule has 1 N–H and O–H groups in total. The molecule has 1 unspecified atom stereocenters. The third-order valence-electron chi connectivity index (χ3n) is 4.81. The number of rotatable bonds is 5. The van der Waals surface area contributed by atoms with Gasteiger partial charge in [0.15, 0.2) is 0 Å². The molecule has 108 valence electrons. The van der Waals surface area contributed by atoms with Crippen LogP contribution < -0.4 is 5.32 Å². The van der Waals surface area contributed by atoms with Crippen LogP contribution in [0.5, 0.6) is 0 Å². The van der Waals surface area contributed by atoms with Gasteiger partial charge in [-0.25, -0.2) is 0 Å². The Kier molecular flexibility index (Phi) is 4.38. The Labute approximate surface area is 116 Å². The van der Waals surface area contributed by atoms with Crippen molar-refractivity contribution in [1.82, 2.24) is 15.1 Å². The minimum atomic E-state index is 0.310. The van der Waals surface area contributed by atoms with Crippen LogP contribution in [0.15, 0.2) is 0 Å². The highest BCUT2D eigenvalue weighted by molar-refractivity contribution is 5.78. The number of hydrogen-bond acceptors (Lipinski definition) is 3. The highest BCUT2D eigenvalue weighted by atomic mass is 16.2. The summed E-state index contributed by atoms with van der Waals surface area (Å²) >= 11 is 0. The lowest BCUT2D eigenvalue weighted by molar-refractivity contribution is -0.132. The molecule has 4 heteroatoms. The van der Waals surface area contributed by atoms with Crippen molar-refractivity contribution in [1.29, 1.82) is 0 Å². The second-order valence-corrected chi connectivity index (χ2v) is 6.45. The number of carbonyl (C=O) groups excluding carboxylic acids is 1. The van der Waals surface area contributed by atoms with Gasteiger partial charge in [-0.15, -0.1) is 0 Å². The topological polar surface area (TPSA) is 35.6 Å². The molecule has 0 spiro atoms. The highest BCUT2D eigenvalue weighted by Gasteiger charge is 2.29. The van der Waals surface area contributed by atoms with Gasteiger partial charge in [0, 0.05) is 19.1 Å². The van der Waals surface area contributed by atoms with E-state index in [-0.39, 0.29) is 0 Å². The molecule has 2 aliphatic heterocycles. The zero-order valence-corrected chi connectivity index (χ0v) is 11.9. The normalized spacial score (nSPS) is 28.8. The first-order valence-corrected chi connectivity index (χ1v) is 8.05. The van der Waals surface area contributed by atoms with Gasteiger partial charge < -0.3 is 10.2 Å². The van der Waals surface area contributed by atoms with Crippen molar-refractivity contribution in [2.75, 3.05) is 39.3 Å². The zero-order valence-electron chi connectivity index (χ0n) is 11.9. The predicted octanol–water partition coefficient (Wildman–Crippen LogP) is 1.07. The van der Waals surface area contributed by atoms with Crippen molar-refractivity contribution >= 4 is 5.91 Å². The molecule has 3 fully saturated rings. The van der Waals surface area contributed by atoms with E-state index in [1.54, 1.807) is 0 Å². The van der Waals surface area contributed by atoms with Crippen LogP contribution in [-0.2, 0) is 4.79 Å².